The van der Waals surface area contributed by atoms with E-state index in [4.69, 9.17) is 0 Å². The van der Waals surface area contributed by atoms with Crippen LogP contribution in [0.1, 0.15) is 5.56 Å². The number of carbonyl (C=O) groups excluding carboxylic acids is 1. The van der Waals surface area contributed by atoms with Crippen molar-refractivity contribution in [3.8, 4) is 0 Å². The lowest BCUT2D eigenvalue weighted by atomic mass is 10.2. The second-order valence-corrected chi connectivity index (χ2v) is 8.80. The first kappa shape index (κ1) is 20.0. The van der Waals surface area contributed by atoms with Crippen molar-refractivity contribution >= 4 is 39.1 Å². The summed E-state index contributed by atoms with van der Waals surface area (Å²) in [5, 5.41) is 2.80. The smallest absolute Gasteiger partial charge is 0.261 e. The van der Waals surface area contributed by atoms with Crippen LogP contribution in [0, 0.1) is 6.92 Å². The molecule has 28 heavy (non-hydrogen) atoms. The van der Waals surface area contributed by atoms with Gasteiger partial charge in [-0.2, -0.15) is 0 Å². The largest absolute Gasteiger partial charge is 0.325 e. The van der Waals surface area contributed by atoms with Crippen LogP contribution in [-0.4, -0.2) is 20.1 Å². The van der Waals surface area contributed by atoms with Gasteiger partial charge in [-0.25, -0.2) is 8.42 Å². The highest BCUT2D eigenvalue weighted by Crippen LogP contribution is 2.23. The summed E-state index contributed by atoms with van der Waals surface area (Å²) >= 11 is 1.46. The normalized spacial score (nSPS) is 11.0. The van der Waals surface area contributed by atoms with E-state index in [1.165, 1.54) is 23.9 Å². The van der Waals surface area contributed by atoms with Crippen LogP contribution < -0.4 is 10.0 Å². The number of sulfonamides is 1. The second-order valence-electron chi connectivity index (χ2n) is 6.10. The monoisotopic (exact) mass is 412 g/mol. The molecular formula is C21H20N2O3S2. The summed E-state index contributed by atoms with van der Waals surface area (Å²) in [5.74, 6) is 0.112. The summed E-state index contributed by atoms with van der Waals surface area (Å²) in [4.78, 5) is 13.5. The third kappa shape index (κ3) is 5.37. The second kappa shape index (κ2) is 8.95. The van der Waals surface area contributed by atoms with Crippen LogP contribution in [0.25, 0.3) is 0 Å². The minimum Gasteiger partial charge on any atom is -0.325 e. The average Bonchev–Trinajstić information content (AvgIpc) is 2.68. The molecule has 3 rings (SSSR count). The number of hydrogen-bond donors (Lipinski definition) is 2. The van der Waals surface area contributed by atoms with Gasteiger partial charge in [0.05, 0.1) is 16.3 Å². The van der Waals surface area contributed by atoms with Crippen LogP contribution >= 0.6 is 11.8 Å². The summed E-state index contributed by atoms with van der Waals surface area (Å²) in [6.45, 7) is 2.00. The van der Waals surface area contributed by atoms with E-state index in [2.05, 4.69) is 10.0 Å². The molecule has 0 aromatic heterocycles. The number of anilines is 2. The van der Waals surface area contributed by atoms with E-state index >= 15 is 0 Å². The van der Waals surface area contributed by atoms with Crippen LogP contribution in [0.3, 0.4) is 0 Å². The zero-order valence-corrected chi connectivity index (χ0v) is 16.9. The van der Waals surface area contributed by atoms with Crippen LogP contribution in [0.2, 0.25) is 0 Å². The fourth-order valence-electron chi connectivity index (χ4n) is 2.53. The van der Waals surface area contributed by atoms with Gasteiger partial charge in [0.2, 0.25) is 5.91 Å². The van der Waals surface area contributed by atoms with Crippen molar-refractivity contribution in [3.05, 3.63) is 84.4 Å². The Morgan fingerprint density at radius 3 is 2.32 bits per heavy atom. The molecular weight excluding hydrogens is 392 g/mol. The van der Waals surface area contributed by atoms with Gasteiger partial charge in [0.1, 0.15) is 0 Å². The number of aryl methyl sites for hydroxylation is 1. The van der Waals surface area contributed by atoms with Crippen LogP contribution in [0.4, 0.5) is 11.4 Å². The standard InChI is InChI=1S/C21H20N2O3S2/c1-16-8-5-6-13-20(16)27-15-21(24)22-17-9-7-10-18(14-17)23-28(25,26)19-11-3-2-4-12-19/h2-14,23H,15H2,1H3,(H,22,24). The molecule has 0 bridgehead atoms. The van der Waals surface area contributed by atoms with Gasteiger partial charge in [-0.05, 0) is 48.9 Å². The molecule has 5 nitrogen and oxygen atoms in total. The molecule has 0 radical (unpaired) electrons. The Labute approximate surface area is 169 Å². The highest BCUT2D eigenvalue weighted by molar-refractivity contribution is 8.00. The van der Waals surface area contributed by atoms with Crippen molar-refractivity contribution in [1.29, 1.82) is 0 Å². The lowest BCUT2D eigenvalue weighted by Crippen LogP contribution is -2.15. The molecule has 0 heterocycles. The van der Waals surface area contributed by atoms with Gasteiger partial charge in [-0.3, -0.25) is 9.52 Å². The molecule has 0 unspecified atom stereocenters. The number of carbonyl (C=O) groups is 1. The van der Waals surface area contributed by atoms with Gasteiger partial charge in [-0.1, -0.05) is 42.5 Å². The summed E-state index contributed by atoms with van der Waals surface area (Å²) in [6, 6.07) is 22.6. The third-order valence-electron chi connectivity index (χ3n) is 3.90. The minimum atomic E-state index is -3.68. The maximum atomic E-state index is 12.4. The van der Waals surface area contributed by atoms with E-state index in [-0.39, 0.29) is 16.6 Å². The SMILES string of the molecule is Cc1ccccc1SCC(=O)Nc1cccc(NS(=O)(=O)c2ccccc2)c1. The van der Waals surface area contributed by atoms with Crippen LogP contribution in [0.5, 0.6) is 0 Å². The number of thioether (sulfide) groups is 1. The van der Waals surface area contributed by atoms with Crippen LogP contribution in [-0.2, 0) is 14.8 Å². The molecule has 7 heteroatoms. The Hall–Kier alpha value is -2.77. The van der Waals surface area contributed by atoms with Crippen LogP contribution in [0.15, 0.2) is 88.7 Å². The molecule has 1 amide bonds. The third-order valence-corrected chi connectivity index (χ3v) is 6.48. The fourth-order valence-corrected chi connectivity index (χ4v) is 4.43. The first-order valence-electron chi connectivity index (χ1n) is 8.60. The summed E-state index contributed by atoms with van der Waals surface area (Å²) in [6.07, 6.45) is 0. The highest BCUT2D eigenvalue weighted by atomic mass is 32.2. The van der Waals surface area contributed by atoms with E-state index in [1.54, 1.807) is 42.5 Å². The van der Waals surface area contributed by atoms with Gasteiger partial charge in [0, 0.05) is 10.6 Å². The Kier molecular flexibility index (Phi) is 6.38. The lowest BCUT2D eigenvalue weighted by Gasteiger charge is -2.11. The van der Waals surface area contributed by atoms with Crippen molar-refractivity contribution in [2.75, 3.05) is 15.8 Å². The Morgan fingerprint density at radius 2 is 1.57 bits per heavy atom. The van der Waals surface area contributed by atoms with E-state index in [1.807, 2.05) is 31.2 Å². The van der Waals surface area contributed by atoms with Gasteiger partial charge >= 0.3 is 0 Å². The molecule has 0 saturated heterocycles. The molecule has 0 aliphatic heterocycles. The van der Waals surface area contributed by atoms with E-state index < -0.39 is 10.0 Å². The van der Waals surface area contributed by atoms with Crippen molar-refractivity contribution < 1.29 is 13.2 Å². The van der Waals surface area contributed by atoms with Gasteiger partial charge < -0.3 is 5.32 Å². The number of amides is 1. The predicted molar refractivity (Wildman–Crippen MR) is 114 cm³/mol. The summed E-state index contributed by atoms with van der Waals surface area (Å²) in [7, 11) is -3.68. The van der Waals surface area contributed by atoms with Gasteiger partial charge in [-0.15, -0.1) is 11.8 Å². The number of benzene rings is 3. The molecule has 0 fully saturated rings. The Balaban J connectivity index is 1.63. The van der Waals surface area contributed by atoms with E-state index in [9.17, 15) is 13.2 Å². The number of hydrogen-bond acceptors (Lipinski definition) is 4. The van der Waals surface area contributed by atoms with Crippen molar-refractivity contribution in [3.63, 3.8) is 0 Å². The van der Waals surface area contributed by atoms with Crippen molar-refractivity contribution in [2.24, 2.45) is 0 Å². The molecule has 0 atom stereocenters. The molecule has 0 aliphatic carbocycles. The highest BCUT2D eigenvalue weighted by Gasteiger charge is 2.14. The number of nitrogens with one attached hydrogen (secondary N) is 2. The molecule has 0 saturated carbocycles. The molecule has 144 valence electrons. The van der Waals surface area contributed by atoms with Crippen molar-refractivity contribution in [2.45, 2.75) is 16.7 Å². The van der Waals surface area contributed by atoms with E-state index in [0.717, 1.165) is 10.5 Å². The zero-order valence-electron chi connectivity index (χ0n) is 15.3. The molecule has 2 N–H and O–H groups in total. The molecule has 3 aromatic carbocycles. The van der Waals surface area contributed by atoms with Crippen molar-refractivity contribution in [1.82, 2.24) is 0 Å². The topological polar surface area (TPSA) is 75.3 Å². The quantitative estimate of drug-likeness (QED) is 0.559. The zero-order chi connectivity index (χ0) is 20.0. The average molecular weight is 413 g/mol. The maximum Gasteiger partial charge on any atom is 0.261 e. The molecule has 3 aromatic rings. The van der Waals surface area contributed by atoms with Gasteiger partial charge in [0.25, 0.3) is 10.0 Å². The Bertz CT molecular complexity index is 1070. The Morgan fingerprint density at radius 1 is 0.893 bits per heavy atom. The van der Waals surface area contributed by atoms with Gasteiger partial charge in [0.15, 0.2) is 0 Å². The fraction of sp³-hybridized carbons (Fsp3) is 0.0952. The minimum absolute atomic E-state index is 0.156. The molecule has 0 spiro atoms. The molecule has 0 aliphatic rings. The number of rotatable bonds is 7. The van der Waals surface area contributed by atoms with E-state index in [0.29, 0.717) is 11.4 Å². The lowest BCUT2D eigenvalue weighted by molar-refractivity contribution is -0.113. The summed E-state index contributed by atoms with van der Waals surface area (Å²) in [5.41, 5.74) is 2.04. The first-order chi connectivity index (χ1) is 13.4. The predicted octanol–water partition coefficient (Wildman–Crippen LogP) is 4.53. The first-order valence-corrected chi connectivity index (χ1v) is 11.1. The summed E-state index contributed by atoms with van der Waals surface area (Å²) < 4.78 is 27.4. The maximum absolute atomic E-state index is 12.4.